The van der Waals surface area contributed by atoms with E-state index in [-0.39, 0.29) is 24.3 Å². The third-order valence-corrected chi connectivity index (χ3v) is 18.5. The first-order chi connectivity index (χ1) is 33.2. The highest BCUT2D eigenvalue weighted by Gasteiger charge is 2.40. The summed E-state index contributed by atoms with van der Waals surface area (Å²) in [6.45, 7) is 3.65. The van der Waals surface area contributed by atoms with Gasteiger partial charge in [0.25, 0.3) is 34.2 Å². The number of rotatable bonds is 20. The highest BCUT2D eigenvalue weighted by atomic mass is 28.4. The highest BCUT2D eigenvalue weighted by molar-refractivity contribution is 6.97. The number of hydrogen-bond donors (Lipinski definition) is 1. The minimum atomic E-state index is -4.98. The molecule has 0 saturated carbocycles. The van der Waals surface area contributed by atoms with Crippen molar-refractivity contribution in [3.63, 3.8) is 0 Å². The molecule has 0 aliphatic carbocycles. The van der Waals surface area contributed by atoms with E-state index in [0.29, 0.717) is 24.7 Å². The number of carbonyl (C=O) groups excluding carboxylic acids is 3. The van der Waals surface area contributed by atoms with Gasteiger partial charge in [0, 0.05) is 25.2 Å². The molecule has 370 valence electrons. The maximum absolute atomic E-state index is 12.5. The van der Waals surface area contributed by atoms with Crippen molar-refractivity contribution in [1.82, 2.24) is 9.80 Å². The predicted octanol–water partition coefficient (Wildman–Crippen LogP) is 7.14. The van der Waals surface area contributed by atoms with Gasteiger partial charge in [-0.15, -0.1) is 0 Å². The fraction of sp³-hybridized carbons (Fsp3) is 0.250. The molecule has 2 amide bonds. The van der Waals surface area contributed by atoms with E-state index in [0.717, 1.165) is 37.6 Å². The highest BCUT2D eigenvalue weighted by Crippen LogP contribution is 2.22. The number of Topliss-reactive ketones (excluding diaryl/α,β-unsaturated/α-hetero) is 1. The lowest BCUT2D eigenvalue weighted by Gasteiger charge is -2.28. The summed E-state index contributed by atoms with van der Waals surface area (Å²) in [6.07, 6.45) is -12.4. The standard InChI is InChI=1S/C26H28F3NO4Si.C26H26F3NO4Si/c2*1-30(19-24(31)26(27,28)29)25(32)20-13-15-21(16-14-20)33-17-18-34-35(2,22-9-5-3-6-10-22)23-11-7-4-8-12-23/h3-16,24,31H,17-19H2,1-2H3;3-16H,17-19H2,1-2H3. The zero-order valence-electron chi connectivity index (χ0n) is 39.0. The molecule has 6 aromatic carbocycles. The molecule has 0 saturated heterocycles. The molecule has 0 heterocycles. The fourth-order valence-corrected chi connectivity index (χ4v) is 12.8. The maximum atomic E-state index is 12.5. The molecule has 1 N–H and O–H groups in total. The van der Waals surface area contributed by atoms with Crippen LogP contribution in [-0.4, -0.2) is 121 Å². The van der Waals surface area contributed by atoms with Crippen LogP contribution in [-0.2, 0) is 13.6 Å². The average molecular weight is 1010 g/mol. The second-order valence-corrected chi connectivity index (χ2v) is 23.3. The SMILES string of the molecule is CN(CC(=O)C(F)(F)F)C(=O)c1ccc(OCCO[Si](C)(c2ccccc2)c2ccccc2)cc1.CN(CC(O)C(F)(F)F)C(=O)c1ccc(OCCO[Si](C)(c2ccccc2)c2ccccc2)cc1. The maximum Gasteiger partial charge on any atom is 0.451 e. The molecular weight excluding hydrogens is 951 g/mol. The molecular formula is C52H54F6N2O8Si2. The van der Waals surface area contributed by atoms with Gasteiger partial charge >= 0.3 is 12.4 Å². The van der Waals surface area contributed by atoms with Gasteiger partial charge in [0.05, 0.1) is 26.3 Å². The van der Waals surface area contributed by atoms with Gasteiger partial charge in [-0.05, 0) is 82.4 Å². The first kappa shape index (κ1) is 54.4. The summed E-state index contributed by atoms with van der Waals surface area (Å²) >= 11 is 0. The van der Waals surface area contributed by atoms with Gasteiger partial charge in [-0.1, -0.05) is 121 Å². The van der Waals surface area contributed by atoms with Crippen molar-refractivity contribution < 1.29 is 64.2 Å². The van der Waals surface area contributed by atoms with E-state index in [1.54, 1.807) is 24.3 Å². The Labute approximate surface area is 405 Å². The number of halogens is 6. The molecule has 0 spiro atoms. The van der Waals surface area contributed by atoms with Gasteiger partial charge in [-0.2, -0.15) is 26.3 Å². The first-order valence-corrected chi connectivity index (χ1v) is 26.9. The van der Waals surface area contributed by atoms with Crippen LogP contribution >= 0.6 is 0 Å². The Kier molecular flexibility index (Phi) is 19.3. The van der Waals surface area contributed by atoms with Gasteiger partial charge in [-0.25, -0.2) is 0 Å². The Bertz CT molecular complexity index is 2480. The van der Waals surface area contributed by atoms with Gasteiger partial charge in [-0.3, -0.25) is 14.4 Å². The van der Waals surface area contributed by atoms with Crippen molar-refractivity contribution in [2.75, 3.05) is 53.6 Å². The summed E-state index contributed by atoms with van der Waals surface area (Å²) in [5.74, 6) is -2.30. The van der Waals surface area contributed by atoms with Crippen LogP contribution in [0.3, 0.4) is 0 Å². The number of nitrogens with zero attached hydrogens (tertiary/aromatic N) is 2. The van der Waals surface area contributed by atoms with Crippen LogP contribution in [0.25, 0.3) is 0 Å². The Morgan fingerprint density at radius 2 is 0.814 bits per heavy atom. The molecule has 6 aromatic rings. The monoisotopic (exact) mass is 1000 g/mol. The molecule has 1 atom stereocenters. The van der Waals surface area contributed by atoms with Crippen molar-refractivity contribution >= 4 is 55.0 Å². The number of aliphatic hydroxyl groups is 1. The van der Waals surface area contributed by atoms with E-state index in [2.05, 4.69) is 61.6 Å². The van der Waals surface area contributed by atoms with Crippen LogP contribution in [0.15, 0.2) is 170 Å². The predicted molar refractivity (Wildman–Crippen MR) is 260 cm³/mol. The lowest BCUT2D eigenvalue weighted by molar-refractivity contribution is -0.205. The van der Waals surface area contributed by atoms with Gasteiger partial charge in [0.1, 0.15) is 24.7 Å². The van der Waals surface area contributed by atoms with E-state index < -0.39 is 65.8 Å². The normalized spacial score (nSPS) is 12.2. The van der Waals surface area contributed by atoms with Crippen LogP contribution in [0.5, 0.6) is 11.5 Å². The molecule has 1 unspecified atom stereocenters. The largest absolute Gasteiger partial charge is 0.491 e. The second kappa shape index (κ2) is 24.8. The molecule has 0 aliphatic rings. The van der Waals surface area contributed by atoms with Crippen LogP contribution < -0.4 is 30.2 Å². The zero-order chi connectivity index (χ0) is 51.0. The minimum absolute atomic E-state index is 0.152. The third-order valence-electron chi connectivity index (χ3n) is 11.2. The van der Waals surface area contributed by atoms with Crippen LogP contribution in [0.2, 0.25) is 13.1 Å². The molecule has 0 radical (unpaired) electrons. The lowest BCUT2D eigenvalue weighted by Crippen LogP contribution is -2.58. The summed E-state index contributed by atoms with van der Waals surface area (Å²) < 4.78 is 99.2. The molecule has 0 bridgehead atoms. The first-order valence-electron chi connectivity index (χ1n) is 22.0. The number of aliphatic hydroxyl groups excluding tert-OH is 1. The number of likely N-dealkylation sites (N-methyl/N-ethyl adjacent to an activating group) is 2. The lowest BCUT2D eigenvalue weighted by atomic mass is 10.2. The quantitative estimate of drug-likeness (QED) is 0.0488. The van der Waals surface area contributed by atoms with E-state index in [9.17, 15) is 45.8 Å². The summed E-state index contributed by atoms with van der Waals surface area (Å²) in [5, 5.41) is 13.7. The molecule has 6 rings (SSSR count). The zero-order valence-corrected chi connectivity index (χ0v) is 41.0. The second-order valence-electron chi connectivity index (χ2n) is 16.3. The molecule has 0 aliphatic heterocycles. The van der Waals surface area contributed by atoms with Crippen molar-refractivity contribution in [1.29, 1.82) is 0 Å². The van der Waals surface area contributed by atoms with E-state index in [4.69, 9.17) is 18.3 Å². The van der Waals surface area contributed by atoms with E-state index in [1.165, 1.54) is 31.3 Å². The number of ether oxygens (including phenoxy) is 2. The summed E-state index contributed by atoms with van der Waals surface area (Å²) in [5.41, 5.74) is 0.345. The number of ketones is 1. The van der Waals surface area contributed by atoms with Gasteiger partial charge in [0.2, 0.25) is 0 Å². The fourth-order valence-electron chi connectivity index (χ4n) is 7.15. The number of hydrogen-bond acceptors (Lipinski definition) is 8. The number of carbonyl (C=O) groups is 3. The van der Waals surface area contributed by atoms with E-state index >= 15 is 0 Å². The number of alkyl halides is 6. The van der Waals surface area contributed by atoms with Crippen LogP contribution in [0.1, 0.15) is 20.7 Å². The molecule has 10 nitrogen and oxygen atoms in total. The molecule has 70 heavy (non-hydrogen) atoms. The molecule has 0 fully saturated rings. The molecule has 18 heteroatoms. The molecule has 0 aromatic heterocycles. The smallest absolute Gasteiger partial charge is 0.451 e. The summed E-state index contributed by atoms with van der Waals surface area (Å²) in [7, 11) is -2.52. The van der Waals surface area contributed by atoms with Crippen LogP contribution in [0, 0.1) is 0 Å². The summed E-state index contributed by atoms with van der Waals surface area (Å²) in [4.78, 5) is 37.3. The average Bonchev–Trinajstić information content (AvgIpc) is 3.37. The van der Waals surface area contributed by atoms with Crippen LogP contribution in [0.4, 0.5) is 26.3 Å². The Hall–Kier alpha value is -6.58. The van der Waals surface area contributed by atoms with Crippen molar-refractivity contribution in [3.05, 3.63) is 181 Å². The Balaban J connectivity index is 0.000000261. The number of amides is 2. The minimum Gasteiger partial charge on any atom is -0.491 e. The van der Waals surface area contributed by atoms with Crippen molar-refractivity contribution in [3.8, 4) is 11.5 Å². The Morgan fingerprint density at radius 3 is 1.11 bits per heavy atom. The van der Waals surface area contributed by atoms with E-state index in [1.807, 2.05) is 72.8 Å². The third kappa shape index (κ3) is 15.2. The summed E-state index contributed by atoms with van der Waals surface area (Å²) in [6, 6.07) is 52.4. The van der Waals surface area contributed by atoms with Crippen molar-refractivity contribution in [2.24, 2.45) is 0 Å². The van der Waals surface area contributed by atoms with Crippen molar-refractivity contribution in [2.45, 2.75) is 31.6 Å². The van der Waals surface area contributed by atoms with Gasteiger partial charge in [0.15, 0.2) is 6.10 Å². The topological polar surface area (TPSA) is 115 Å². The van der Waals surface area contributed by atoms with Gasteiger partial charge < -0.3 is 33.2 Å². The number of benzene rings is 6. The Morgan fingerprint density at radius 1 is 0.500 bits per heavy atom.